The van der Waals surface area contributed by atoms with Gasteiger partial charge in [-0.15, -0.1) is 24.0 Å². The van der Waals surface area contributed by atoms with Crippen LogP contribution in [0, 0.1) is 0 Å². The van der Waals surface area contributed by atoms with E-state index in [9.17, 15) is 4.79 Å². The average molecular weight is 407 g/mol. The molecule has 0 radical (unpaired) electrons. The smallest absolute Gasteiger partial charge is 0.307 e. The zero-order valence-corrected chi connectivity index (χ0v) is 14.6. The molecule has 0 aliphatic rings. The SMILES string of the molecule is COC(=O)CCN=C(N)NCCc1ccc(OC)cc1.I. The van der Waals surface area contributed by atoms with Crippen LogP contribution in [0.1, 0.15) is 12.0 Å². The summed E-state index contributed by atoms with van der Waals surface area (Å²) in [4.78, 5) is 14.9. The molecule has 21 heavy (non-hydrogen) atoms. The highest BCUT2D eigenvalue weighted by Crippen LogP contribution is 2.11. The maximum Gasteiger partial charge on any atom is 0.307 e. The van der Waals surface area contributed by atoms with Crippen molar-refractivity contribution in [2.24, 2.45) is 10.7 Å². The van der Waals surface area contributed by atoms with Gasteiger partial charge >= 0.3 is 5.97 Å². The number of nitrogens with one attached hydrogen (secondary N) is 1. The van der Waals surface area contributed by atoms with Crippen LogP contribution in [-0.4, -0.2) is 39.2 Å². The molecule has 118 valence electrons. The molecule has 0 atom stereocenters. The highest BCUT2D eigenvalue weighted by atomic mass is 127. The molecule has 0 bridgehead atoms. The summed E-state index contributed by atoms with van der Waals surface area (Å²) in [7, 11) is 2.99. The lowest BCUT2D eigenvalue weighted by Crippen LogP contribution is -2.33. The predicted octanol–water partition coefficient (Wildman–Crippen LogP) is 1.32. The number of carbonyl (C=O) groups excluding carboxylic acids is 1. The van der Waals surface area contributed by atoms with Crippen molar-refractivity contribution in [1.29, 1.82) is 0 Å². The lowest BCUT2D eigenvalue weighted by molar-refractivity contribution is -0.140. The van der Waals surface area contributed by atoms with E-state index in [2.05, 4.69) is 15.0 Å². The van der Waals surface area contributed by atoms with E-state index in [0.29, 0.717) is 19.0 Å². The summed E-state index contributed by atoms with van der Waals surface area (Å²) < 4.78 is 9.60. The van der Waals surface area contributed by atoms with Gasteiger partial charge in [0.15, 0.2) is 5.96 Å². The van der Waals surface area contributed by atoms with Crippen molar-refractivity contribution in [3.63, 3.8) is 0 Å². The van der Waals surface area contributed by atoms with E-state index in [-0.39, 0.29) is 36.4 Å². The summed E-state index contributed by atoms with van der Waals surface area (Å²) in [6, 6.07) is 7.85. The molecular weight excluding hydrogens is 385 g/mol. The average Bonchev–Trinajstić information content (AvgIpc) is 2.47. The Kier molecular flexibility index (Phi) is 10.4. The van der Waals surface area contributed by atoms with Gasteiger partial charge in [-0.3, -0.25) is 9.79 Å². The van der Waals surface area contributed by atoms with Crippen LogP contribution in [0.3, 0.4) is 0 Å². The summed E-state index contributed by atoms with van der Waals surface area (Å²) in [5.74, 6) is 0.882. The number of ether oxygens (including phenoxy) is 2. The summed E-state index contributed by atoms with van der Waals surface area (Å²) in [6.45, 7) is 1.01. The lowest BCUT2D eigenvalue weighted by atomic mass is 10.1. The molecule has 0 saturated heterocycles. The van der Waals surface area contributed by atoms with E-state index in [1.807, 2.05) is 24.3 Å². The third-order valence-electron chi connectivity index (χ3n) is 2.70. The van der Waals surface area contributed by atoms with E-state index < -0.39 is 0 Å². The Morgan fingerprint density at radius 2 is 1.95 bits per heavy atom. The molecule has 0 fully saturated rings. The number of halogens is 1. The first-order valence-electron chi connectivity index (χ1n) is 6.39. The minimum absolute atomic E-state index is 0. The van der Waals surface area contributed by atoms with Crippen molar-refractivity contribution >= 4 is 35.9 Å². The monoisotopic (exact) mass is 407 g/mol. The maximum atomic E-state index is 10.9. The highest BCUT2D eigenvalue weighted by Gasteiger charge is 1.99. The van der Waals surface area contributed by atoms with Crippen LogP contribution in [0.2, 0.25) is 0 Å². The Morgan fingerprint density at radius 1 is 1.29 bits per heavy atom. The number of hydrogen-bond acceptors (Lipinski definition) is 4. The molecule has 0 heterocycles. The van der Waals surface area contributed by atoms with Gasteiger partial charge in [-0.2, -0.15) is 0 Å². The van der Waals surface area contributed by atoms with Gasteiger partial charge in [0.1, 0.15) is 5.75 Å². The molecule has 0 aliphatic heterocycles. The van der Waals surface area contributed by atoms with Crippen molar-refractivity contribution in [2.45, 2.75) is 12.8 Å². The fourth-order valence-corrected chi connectivity index (χ4v) is 1.55. The van der Waals surface area contributed by atoms with Gasteiger partial charge in [0.05, 0.1) is 27.2 Å². The van der Waals surface area contributed by atoms with E-state index in [1.54, 1.807) is 7.11 Å². The van der Waals surface area contributed by atoms with Crippen LogP contribution >= 0.6 is 24.0 Å². The third kappa shape index (κ3) is 8.38. The minimum atomic E-state index is -0.292. The second-order valence-corrected chi connectivity index (χ2v) is 4.12. The van der Waals surface area contributed by atoms with Gasteiger partial charge in [-0.1, -0.05) is 12.1 Å². The van der Waals surface area contributed by atoms with E-state index in [1.165, 1.54) is 12.7 Å². The fraction of sp³-hybridized carbons (Fsp3) is 0.429. The standard InChI is InChI=1S/C14H21N3O3.HI/c1-19-12-5-3-11(4-6-12)7-9-16-14(15)17-10-8-13(18)20-2;/h3-6H,7-10H2,1-2H3,(H3,15,16,17);1H. The second-order valence-electron chi connectivity index (χ2n) is 4.12. The van der Waals surface area contributed by atoms with Crippen molar-refractivity contribution in [2.75, 3.05) is 27.3 Å². The number of nitrogens with zero attached hydrogens (tertiary/aromatic N) is 1. The molecule has 1 aromatic rings. The van der Waals surface area contributed by atoms with Gasteiger partial charge in [0.25, 0.3) is 0 Å². The first-order valence-corrected chi connectivity index (χ1v) is 6.39. The summed E-state index contributed by atoms with van der Waals surface area (Å²) in [5, 5.41) is 3.00. The van der Waals surface area contributed by atoms with Crippen molar-refractivity contribution < 1.29 is 14.3 Å². The summed E-state index contributed by atoms with van der Waals surface area (Å²) in [5.41, 5.74) is 6.86. The number of aliphatic imine (C=N–C) groups is 1. The van der Waals surface area contributed by atoms with Crippen LogP contribution in [0.4, 0.5) is 0 Å². The first-order chi connectivity index (χ1) is 9.65. The second kappa shape index (κ2) is 11.2. The zero-order chi connectivity index (χ0) is 14.8. The zero-order valence-electron chi connectivity index (χ0n) is 12.3. The Hall–Kier alpha value is -1.51. The molecular formula is C14H22IN3O3. The quantitative estimate of drug-likeness (QED) is 0.308. The van der Waals surface area contributed by atoms with Crippen molar-refractivity contribution in [3.8, 4) is 5.75 Å². The fourth-order valence-electron chi connectivity index (χ4n) is 1.55. The van der Waals surface area contributed by atoms with Crippen LogP contribution in [0.25, 0.3) is 0 Å². The Bertz CT molecular complexity index is 449. The van der Waals surface area contributed by atoms with Crippen LogP contribution in [-0.2, 0) is 16.0 Å². The molecule has 0 saturated carbocycles. The van der Waals surface area contributed by atoms with Gasteiger partial charge in [0.2, 0.25) is 0 Å². The number of rotatable bonds is 7. The van der Waals surface area contributed by atoms with Gasteiger partial charge in [-0.05, 0) is 24.1 Å². The topological polar surface area (TPSA) is 85.9 Å². The van der Waals surface area contributed by atoms with Gasteiger partial charge in [-0.25, -0.2) is 0 Å². The molecule has 0 spiro atoms. The molecule has 3 N–H and O–H groups in total. The Morgan fingerprint density at radius 3 is 2.52 bits per heavy atom. The minimum Gasteiger partial charge on any atom is -0.497 e. The predicted molar refractivity (Wildman–Crippen MR) is 93.2 cm³/mol. The summed E-state index contributed by atoms with van der Waals surface area (Å²) >= 11 is 0. The van der Waals surface area contributed by atoms with Gasteiger partial charge < -0.3 is 20.5 Å². The molecule has 1 aromatic carbocycles. The Labute approximate surface area is 142 Å². The van der Waals surface area contributed by atoms with Crippen LogP contribution in [0.5, 0.6) is 5.75 Å². The van der Waals surface area contributed by atoms with Crippen LogP contribution < -0.4 is 15.8 Å². The van der Waals surface area contributed by atoms with E-state index in [4.69, 9.17) is 10.5 Å². The largest absolute Gasteiger partial charge is 0.497 e. The molecule has 0 amide bonds. The maximum absolute atomic E-state index is 10.9. The third-order valence-corrected chi connectivity index (χ3v) is 2.70. The van der Waals surface area contributed by atoms with E-state index >= 15 is 0 Å². The van der Waals surface area contributed by atoms with Gasteiger partial charge in [0, 0.05) is 6.54 Å². The molecule has 7 heteroatoms. The number of hydrogen-bond donors (Lipinski definition) is 2. The van der Waals surface area contributed by atoms with E-state index in [0.717, 1.165) is 12.2 Å². The number of guanidine groups is 1. The molecule has 0 unspecified atom stereocenters. The first kappa shape index (κ1) is 19.5. The molecule has 6 nitrogen and oxygen atoms in total. The Balaban J connectivity index is 0.00000400. The number of esters is 1. The van der Waals surface area contributed by atoms with Crippen LogP contribution in [0.15, 0.2) is 29.3 Å². The lowest BCUT2D eigenvalue weighted by Gasteiger charge is -2.06. The molecule has 1 rings (SSSR count). The number of benzene rings is 1. The normalized spacial score (nSPS) is 10.5. The number of nitrogens with two attached hydrogens (primary N) is 1. The van der Waals surface area contributed by atoms with Crippen molar-refractivity contribution in [1.82, 2.24) is 5.32 Å². The van der Waals surface area contributed by atoms with Crippen molar-refractivity contribution in [3.05, 3.63) is 29.8 Å². The summed E-state index contributed by atoms with van der Waals surface area (Å²) in [6.07, 6.45) is 1.06. The molecule has 0 aliphatic carbocycles. The molecule has 0 aromatic heterocycles. The number of methoxy groups -OCH3 is 2. The highest BCUT2D eigenvalue weighted by molar-refractivity contribution is 14.0. The number of carbonyl (C=O) groups is 1.